The number of carbonyl (C=O) groups excluding carboxylic acids is 1. The lowest BCUT2D eigenvalue weighted by molar-refractivity contribution is -0.120. The molecule has 6 heteroatoms. The van der Waals surface area contributed by atoms with Gasteiger partial charge in [0.25, 0.3) is 0 Å². The second kappa shape index (κ2) is 5.91. The van der Waals surface area contributed by atoms with Crippen LogP contribution in [0.3, 0.4) is 0 Å². The van der Waals surface area contributed by atoms with Crippen LogP contribution in [-0.2, 0) is 4.79 Å². The smallest absolute Gasteiger partial charge is 0.144 e. The van der Waals surface area contributed by atoms with Gasteiger partial charge in [-0.25, -0.2) is 9.38 Å². The van der Waals surface area contributed by atoms with Crippen LogP contribution in [-0.4, -0.2) is 29.6 Å². The molecule has 0 spiro atoms. The molecule has 0 bridgehead atoms. The minimum Gasteiger partial charge on any atom is -0.355 e. The van der Waals surface area contributed by atoms with E-state index in [-0.39, 0.29) is 10.8 Å². The monoisotopic (exact) mass is 343 g/mol. The van der Waals surface area contributed by atoms with E-state index in [4.69, 9.17) is 16.6 Å². The van der Waals surface area contributed by atoms with Crippen LogP contribution in [0.1, 0.15) is 18.4 Å². The van der Waals surface area contributed by atoms with Gasteiger partial charge in [0.15, 0.2) is 0 Å². The third-order valence-corrected chi connectivity index (χ3v) is 4.61. The predicted molar refractivity (Wildman–Crippen MR) is 93.1 cm³/mol. The van der Waals surface area contributed by atoms with E-state index in [1.807, 2.05) is 24.3 Å². The van der Waals surface area contributed by atoms with Gasteiger partial charge in [-0.05, 0) is 18.2 Å². The van der Waals surface area contributed by atoms with Gasteiger partial charge in [-0.1, -0.05) is 23.7 Å². The fourth-order valence-electron chi connectivity index (χ4n) is 3.04. The summed E-state index contributed by atoms with van der Waals surface area (Å²) in [6, 6.07) is 10.7. The van der Waals surface area contributed by atoms with Crippen molar-refractivity contribution in [3.8, 4) is 0 Å². The minimum atomic E-state index is -0.484. The van der Waals surface area contributed by atoms with Crippen molar-refractivity contribution in [1.82, 2.24) is 4.90 Å². The molecule has 24 heavy (non-hydrogen) atoms. The van der Waals surface area contributed by atoms with E-state index in [1.54, 1.807) is 0 Å². The van der Waals surface area contributed by atoms with Crippen molar-refractivity contribution in [2.45, 2.75) is 12.8 Å². The van der Waals surface area contributed by atoms with Gasteiger partial charge >= 0.3 is 0 Å². The third kappa shape index (κ3) is 2.65. The highest BCUT2D eigenvalue weighted by Gasteiger charge is 2.25. The van der Waals surface area contributed by atoms with Crippen LogP contribution in [0.15, 0.2) is 41.4 Å². The maximum Gasteiger partial charge on any atom is 0.144 e. The number of Topliss-reactive ketones (excluding diaryl/α,β-unsaturated/α-hetero) is 1. The highest BCUT2D eigenvalue weighted by molar-refractivity contribution is 6.31. The predicted octanol–water partition coefficient (Wildman–Crippen LogP) is 4.28. The van der Waals surface area contributed by atoms with Crippen molar-refractivity contribution >= 4 is 40.3 Å². The van der Waals surface area contributed by atoms with E-state index in [1.165, 1.54) is 12.1 Å². The number of hydrogen-bond donors (Lipinski definition) is 1. The Hall–Kier alpha value is -2.40. The SMILES string of the molecule is O=C1CCN(C2=Nc3cc(Cl)c(F)cc3Nc3ccccc32)CC1. The number of carbonyl (C=O) groups is 1. The lowest BCUT2D eigenvalue weighted by Crippen LogP contribution is -2.39. The summed E-state index contributed by atoms with van der Waals surface area (Å²) in [6.45, 7) is 1.27. The van der Waals surface area contributed by atoms with Gasteiger partial charge in [-0.3, -0.25) is 4.79 Å². The summed E-state index contributed by atoms with van der Waals surface area (Å²) in [5.41, 5.74) is 2.95. The maximum atomic E-state index is 13.8. The molecule has 2 aromatic rings. The zero-order valence-corrected chi connectivity index (χ0v) is 13.6. The number of rotatable bonds is 0. The van der Waals surface area contributed by atoms with Gasteiger partial charge in [0.05, 0.1) is 16.4 Å². The van der Waals surface area contributed by atoms with Gasteiger partial charge < -0.3 is 10.2 Å². The van der Waals surface area contributed by atoms with E-state index in [0.29, 0.717) is 37.3 Å². The molecule has 4 nitrogen and oxygen atoms in total. The molecule has 2 heterocycles. The van der Waals surface area contributed by atoms with E-state index < -0.39 is 5.82 Å². The van der Waals surface area contributed by atoms with Crippen LogP contribution in [0.25, 0.3) is 0 Å². The number of aliphatic imine (C=N–C) groups is 1. The number of ketones is 1. The molecular formula is C18H15ClFN3O. The Kier molecular flexibility index (Phi) is 3.73. The number of benzene rings is 2. The zero-order valence-electron chi connectivity index (χ0n) is 12.9. The summed E-state index contributed by atoms with van der Waals surface area (Å²) < 4.78 is 13.8. The normalized spacial score (nSPS) is 16.7. The molecule has 4 rings (SSSR count). The van der Waals surface area contributed by atoms with Gasteiger partial charge in [0.2, 0.25) is 0 Å². The summed E-state index contributed by atoms with van der Waals surface area (Å²) in [6.07, 6.45) is 1.04. The van der Waals surface area contributed by atoms with Crippen LogP contribution in [0, 0.1) is 5.82 Å². The summed E-state index contributed by atoms with van der Waals surface area (Å²) in [5, 5.41) is 3.28. The molecule has 0 radical (unpaired) electrons. The Morgan fingerprint density at radius 1 is 1.12 bits per heavy atom. The molecule has 0 saturated carbocycles. The van der Waals surface area contributed by atoms with E-state index in [2.05, 4.69) is 10.2 Å². The Labute approximate surface area is 144 Å². The first kappa shape index (κ1) is 15.1. The number of piperidine rings is 1. The maximum absolute atomic E-state index is 13.8. The van der Waals surface area contributed by atoms with Crippen molar-refractivity contribution in [2.75, 3.05) is 18.4 Å². The summed E-state index contributed by atoms with van der Waals surface area (Å²) >= 11 is 5.93. The topological polar surface area (TPSA) is 44.7 Å². The molecular weight excluding hydrogens is 329 g/mol. The number of likely N-dealkylation sites (tertiary alicyclic amines) is 1. The highest BCUT2D eigenvalue weighted by Crippen LogP contribution is 2.37. The van der Waals surface area contributed by atoms with E-state index in [9.17, 15) is 9.18 Å². The fraction of sp³-hybridized carbons (Fsp3) is 0.222. The largest absolute Gasteiger partial charge is 0.355 e. The first-order valence-corrected chi connectivity index (χ1v) is 8.20. The molecule has 0 amide bonds. The first-order valence-electron chi connectivity index (χ1n) is 7.82. The molecule has 0 atom stereocenters. The third-order valence-electron chi connectivity index (χ3n) is 4.32. The quantitative estimate of drug-likeness (QED) is 0.776. The van der Waals surface area contributed by atoms with Crippen molar-refractivity contribution in [1.29, 1.82) is 0 Å². The Morgan fingerprint density at radius 2 is 1.88 bits per heavy atom. The molecule has 2 aliphatic heterocycles. The van der Waals surface area contributed by atoms with Crippen molar-refractivity contribution in [2.24, 2.45) is 4.99 Å². The van der Waals surface area contributed by atoms with Gasteiger partial charge in [-0.15, -0.1) is 0 Å². The van der Waals surface area contributed by atoms with Crippen molar-refractivity contribution in [3.63, 3.8) is 0 Å². The molecule has 0 aliphatic carbocycles. The molecule has 1 fully saturated rings. The minimum absolute atomic E-state index is 0.0402. The van der Waals surface area contributed by atoms with E-state index in [0.717, 1.165) is 17.1 Å². The second-order valence-corrected chi connectivity index (χ2v) is 6.32. The van der Waals surface area contributed by atoms with Crippen molar-refractivity contribution < 1.29 is 9.18 Å². The number of fused-ring (bicyclic) bond motifs is 2. The number of amidine groups is 1. The second-order valence-electron chi connectivity index (χ2n) is 5.92. The molecule has 1 N–H and O–H groups in total. The average molecular weight is 344 g/mol. The Balaban J connectivity index is 1.86. The van der Waals surface area contributed by atoms with Crippen LogP contribution >= 0.6 is 11.6 Å². The van der Waals surface area contributed by atoms with Gasteiger partial charge in [0, 0.05) is 43.2 Å². The number of hydrogen-bond acceptors (Lipinski definition) is 4. The number of nitrogens with zero attached hydrogens (tertiary/aromatic N) is 2. The number of anilines is 2. The molecule has 0 aromatic heterocycles. The molecule has 122 valence electrons. The van der Waals surface area contributed by atoms with Gasteiger partial charge in [-0.2, -0.15) is 0 Å². The number of nitrogens with one attached hydrogen (secondary N) is 1. The summed E-state index contributed by atoms with van der Waals surface area (Å²) in [7, 11) is 0. The first-order chi connectivity index (χ1) is 11.6. The van der Waals surface area contributed by atoms with Crippen LogP contribution < -0.4 is 5.32 Å². The average Bonchev–Trinajstić information content (AvgIpc) is 2.73. The van der Waals surface area contributed by atoms with E-state index >= 15 is 0 Å². The lowest BCUT2D eigenvalue weighted by atomic mass is 10.1. The Bertz CT molecular complexity index is 855. The zero-order chi connectivity index (χ0) is 16.7. The van der Waals surface area contributed by atoms with Crippen LogP contribution in [0.2, 0.25) is 5.02 Å². The lowest BCUT2D eigenvalue weighted by Gasteiger charge is -2.29. The fourth-order valence-corrected chi connectivity index (χ4v) is 3.20. The Morgan fingerprint density at radius 3 is 2.67 bits per heavy atom. The number of halogens is 2. The molecule has 0 unspecified atom stereocenters. The van der Waals surface area contributed by atoms with Crippen molar-refractivity contribution in [3.05, 3.63) is 52.8 Å². The molecule has 2 aromatic carbocycles. The number of para-hydroxylation sites is 1. The van der Waals surface area contributed by atoms with Gasteiger partial charge in [0.1, 0.15) is 17.4 Å². The van der Waals surface area contributed by atoms with Crippen LogP contribution in [0.5, 0.6) is 0 Å². The highest BCUT2D eigenvalue weighted by atomic mass is 35.5. The molecule has 1 saturated heterocycles. The summed E-state index contributed by atoms with van der Waals surface area (Å²) in [4.78, 5) is 18.4. The van der Waals surface area contributed by atoms with Crippen LogP contribution in [0.4, 0.5) is 21.5 Å². The molecule has 2 aliphatic rings. The standard InChI is InChI=1S/C18H15ClFN3O/c19-13-9-16-17(10-14(13)20)21-15-4-2-1-3-12(15)18(22-16)23-7-5-11(24)6-8-23/h1-4,9-10,21H,5-8H2. The summed E-state index contributed by atoms with van der Waals surface area (Å²) in [5.74, 6) is 0.576.